The minimum Gasteiger partial charge on any atom is -0.396 e. The van der Waals surface area contributed by atoms with E-state index in [0.717, 1.165) is 56.3 Å². The zero-order chi connectivity index (χ0) is 20.4. The van der Waals surface area contributed by atoms with Crippen LogP contribution in [0.4, 0.5) is 0 Å². The number of nitrogens with zero attached hydrogens (tertiary/aromatic N) is 4. The predicted molar refractivity (Wildman–Crippen MR) is 113 cm³/mol. The molecular formula is C23H32N4O2. The number of amides is 1. The van der Waals surface area contributed by atoms with Gasteiger partial charge in [-0.05, 0) is 56.7 Å². The van der Waals surface area contributed by atoms with Crippen molar-refractivity contribution in [3.63, 3.8) is 0 Å². The molecule has 1 amide bonds. The van der Waals surface area contributed by atoms with E-state index in [9.17, 15) is 9.90 Å². The second-order valence-corrected chi connectivity index (χ2v) is 8.60. The molecule has 0 radical (unpaired) electrons. The summed E-state index contributed by atoms with van der Waals surface area (Å²) in [7, 11) is 3.82. The van der Waals surface area contributed by atoms with E-state index >= 15 is 0 Å². The number of likely N-dealkylation sites (tertiary alicyclic amines) is 1. The molecule has 1 fully saturated rings. The highest BCUT2D eigenvalue weighted by atomic mass is 16.3. The Kier molecular flexibility index (Phi) is 6.01. The van der Waals surface area contributed by atoms with Crippen molar-refractivity contribution >= 4 is 5.91 Å². The number of carbonyl (C=O) groups is 1. The van der Waals surface area contributed by atoms with E-state index in [0.29, 0.717) is 30.8 Å². The highest BCUT2D eigenvalue weighted by Gasteiger charge is 2.33. The quantitative estimate of drug-likeness (QED) is 0.842. The van der Waals surface area contributed by atoms with Gasteiger partial charge < -0.3 is 14.9 Å². The van der Waals surface area contributed by atoms with Gasteiger partial charge in [-0.15, -0.1) is 0 Å². The first kappa shape index (κ1) is 20.1. The van der Waals surface area contributed by atoms with Crippen LogP contribution < -0.4 is 0 Å². The number of aryl methyl sites for hydroxylation is 1. The minimum absolute atomic E-state index is 0.00495. The monoisotopic (exact) mass is 396 g/mol. The van der Waals surface area contributed by atoms with Crippen molar-refractivity contribution in [1.82, 2.24) is 19.6 Å². The third-order valence-electron chi connectivity index (χ3n) is 6.66. The first-order chi connectivity index (χ1) is 14.1. The van der Waals surface area contributed by atoms with Crippen LogP contribution in [0, 0.1) is 5.92 Å². The number of aliphatic hydroxyl groups excluding tert-OH is 1. The molecule has 6 heteroatoms. The van der Waals surface area contributed by atoms with E-state index in [1.165, 1.54) is 5.69 Å². The lowest BCUT2D eigenvalue weighted by Crippen LogP contribution is -2.45. The average Bonchev–Trinajstić information content (AvgIpc) is 3.09. The fraction of sp³-hybridized carbons (Fsp3) is 0.565. The van der Waals surface area contributed by atoms with E-state index in [1.807, 2.05) is 49.1 Å². The van der Waals surface area contributed by atoms with Crippen LogP contribution in [0.2, 0.25) is 0 Å². The molecule has 1 aromatic heterocycles. The Morgan fingerprint density at radius 3 is 2.62 bits per heavy atom. The summed E-state index contributed by atoms with van der Waals surface area (Å²) in [6, 6.07) is 10.6. The van der Waals surface area contributed by atoms with Crippen molar-refractivity contribution in [2.45, 2.75) is 44.7 Å². The molecule has 1 saturated heterocycles. The van der Waals surface area contributed by atoms with Crippen LogP contribution in [0.5, 0.6) is 0 Å². The Labute approximate surface area is 173 Å². The Morgan fingerprint density at radius 1 is 1.21 bits per heavy atom. The van der Waals surface area contributed by atoms with E-state index in [2.05, 4.69) is 10.00 Å². The summed E-state index contributed by atoms with van der Waals surface area (Å²) in [5.41, 5.74) is 4.09. The number of aliphatic hydroxyl groups is 1. The van der Waals surface area contributed by atoms with Gasteiger partial charge in [0, 0.05) is 44.5 Å². The Hall–Kier alpha value is -2.18. The molecule has 4 rings (SSSR count). The maximum absolute atomic E-state index is 13.2. The van der Waals surface area contributed by atoms with Crippen LogP contribution in [0.3, 0.4) is 0 Å². The second kappa shape index (κ2) is 8.67. The summed E-state index contributed by atoms with van der Waals surface area (Å²) >= 11 is 0. The van der Waals surface area contributed by atoms with Gasteiger partial charge in [0.2, 0.25) is 0 Å². The summed E-state index contributed by atoms with van der Waals surface area (Å²) in [5, 5.41) is 14.0. The van der Waals surface area contributed by atoms with Crippen molar-refractivity contribution in [3.05, 3.63) is 52.8 Å². The molecule has 1 unspecified atom stereocenters. The Bertz CT molecular complexity index is 840. The standard InChI is InChI=1S/C23H32N4O2/c1-25(15-17-6-4-3-5-7-17)23(29)22-20-14-19(8-9-21(20)26(2)24-22)27-12-10-18(16-28)11-13-27/h3-7,18-19,28H,8-16H2,1-2H3. The molecule has 29 heavy (non-hydrogen) atoms. The Morgan fingerprint density at radius 2 is 1.93 bits per heavy atom. The molecule has 1 aliphatic carbocycles. The number of hydrogen-bond donors (Lipinski definition) is 1. The van der Waals surface area contributed by atoms with Crippen LogP contribution in [0.25, 0.3) is 0 Å². The fourth-order valence-corrected chi connectivity index (χ4v) is 4.86. The van der Waals surface area contributed by atoms with Gasteiger partial charge in [0.05, 0.1) is 0 Å². The van der Waals surface area contributed by atoms with E-state index in [-0.39, 0.29) is 5.91 Å². The highest BCUT2D eigenvalue weighted by Crippen LogP contribution is 2.30. The van der Waals surface area contributed by atoms with Crippen molar-refractivity contribution in [3.8, 4) is 0 Å². The number of hydrogen-bond acceptors (Lipinski definition) is 4. The summed E-state index contributed by atoms with van der Waals surface area (Å²) in [6.45, 7) is 2.98. The fourth-order valence-electron chi connectivity index (χ4n) is 4.86. The molecule has 2 aliphatic rings. The van der Waals surface area contributed by atoms with Crippen LogP contribution in [-0.4, -0.2) is 63.4 Å². The number of fused-ring (bicyclic) bond motifs is 1. The minimum atomic E-state index is 0.00495. The van der Waals surface area contributed by atoms with Gasteiger partial charge in [-0.25, -0.2) is 0 Å². The maximum atomic E-state index is 13.2. The number of carbonyl (C=O) groups excluding carboxylic acids is 1. The summed E-state index contributed by atoms with van der Waals surface area (Å²) < 4.78 is 1.91. The third-order valence-corrected chi connectivity index (χ3v) is 6.66. The van der Waals surface area contributed by atoms with Crippen molar-refractivity contribution in [2.24, 2.45) is 13.0 Å². The highest BCUT2D eigenvalue weighted by molar-refractivity contribution is 5.94. The number of rotatable bonds is 5. The molecule has 0 spiro atoms. The van der Waals surface area contributed by atoms with Crippen molar-refractivity contribution in [1.29, 1.82) is 0 Å². The molecule has 1 atom stereocenters. The topological polar surface area (TPSA) is 61.6 Å². The molecule has 2 aromatic rings. The maximum Gasteiger partial charge on any atom is 0.274 e. The van der Waals surface area contributed by atoms with E-state index in [4.69, 9.17) is 0 Å². The van der Waals surface area contributed by atoms with Gasteiger partial charge in [-0.1, -0.05) is 30.3 Å². The normalized spacial score (nSPS) is 20.4. The molecule has 0 saturated carbocycles. The van der Waals surface area contributed by atoms with Gasteiger partial charge in [-0.3, -0.25) is 9.48 Å². The average molecular weight is 397 g/mol. The zero-order valence-corrected chi connectivity index (χ0v) is 17.5. The largest absolute Gasteiger partial charge is 0.396 e. The van der Waals surface area contributed by atoms with Crippen LogP contribution in [-0.2, 0) is 26.4 Å². The molecule has 1 aliphatic heterocycles. The lowest BCUT2D eigenvalue weighted by molar-refractivity contribution is 0.0773. The molecule has 1 N–H and O–H groups in total. The predicted octanol–water partition coefficient (Wildman–Crippen LogP) is 2.25. The van der Waals surface area contributed by atoms with Crippen molar-refractivity contribution < 1.29 is 9.90 Å². The summed E-state index contributed by atoms with van der Waals surface area (Å²) in [6.07, 6.45) is 5.12. The number of aromatic nitrogens is 2. The van der Waals surface area contributed by atoms with Gasteiger partial charge >= 0.3 is 0 Å². The first-order valence-corrected chi connectivity index (χ1v) is 10.8. The molecule has 1 aromatic carbocycles. The smallest absolute Gasteiger partial charge is 0.274 e. The SMILES string of the molecule is CN(Cc1ccccc1)C(=O)c1nn(C)c2c1CC(N1CCC(CO)CC1)CC2. The third kappa shape index (κ3) is 4.23. The second-order valence-electron chi connectivity index (χ2n) is 8.60. The lowest BCUT2D eigenvalue weighted by Gasteiger charge is -2.39. The van der Waals surface area contributed by atoms with E-state index in [1.54, 1.807) is 4.90 Å². The first-order valence-electron chi connectivity index (χ1n) is 10.8. The van der Waals surface area contributed by atoms with E-state index < -0.39 is 0 Å². The molecule has 2 heterocycles. The van der Waals surface area contributed by atoms with Crippen LogP contribution >= 0.6 is 0 Å². The van der Waals surface area contributed by atoms with Gasteiger partial charge in [0.25, 0.3) is 5.91 Å². The van der Waals surface area contributed by atoms with Crippen LogP contribution in [0.1, 0.15) is 46.6 Å². The summed E-state index contributed by atoms with van der Waals surface area (Å²) in [4.78, 5) is 17.5. The van der Waals surface area contributed by atoms with Crippen molar-refractivity contribution in [2.75, 3.05) is 26.7 Å². The van der Waals surface area contributed by atoms with Crippen LogP contribution in [0.15, 0.2) is 30.3 Å². The molecule has 156 valence electrons. The molecular weight excluding hydrogens is 364 g/mol. The number of piperidine rings is 1. The summed E-state index contributed by atoms with van der Waals surface area (Å²) in [5.74, 6) is 0.456. The lowest BCUT2D eigenvalue weighted by atomic mass is 9.88. The number of benzene rings is 1. The zero-order valence-electron chi connectivity index (χ0n) is 17.5. The van der Waals surface area contributed by atoms with Gasteiger partial charge in [0.1, 0.15) is 0 Å². The van der Waals surface area contributed by atoms with Gasteiger partial charge in [-0.2, -0.15) is 5.10 Å². The molecule has 0 bridgehead atoms. The molecule has 6 nitrogen and oxygen atoms in total. The van der Waals surface area contributed by atoms with Gasteiger partial charge in [0.15, 0.2) is 5.69 Å². The Balaban J connectivity index is 1.48.